The van der Waals surface area contributed by atoms with Crippen molar-refractivity contribution in [2.45, 2.75) is 0 Å². The molecule has 0 atom stereocenters. The Morgan fingerprint density at radius 1 is 1.18 bits per heavy atom. The van der Waals surface area contributed by atoms with Crippen molar-refractivity contribution in [1.29, 1.82) is 0 Å². The molecule has 1 amide bonds. The first-order valence-corrected chi connectivity index (χ1v) is 4.39. The van der Waals surface area contributed by atoms with Crippen LogP contribution in [0.15, 0.2) is 18.5 Å². The topological polar surface area (TPSA) is 70.7 Å². The first-order chi connectivity index (χ1) is 8.08. The van der Waals surface area contributed by atoms with E-state index in [2.05, 4.69) is 15.2 Å². The smallest absolute Gasteiger partial charge is 0.293 e. The van der Waals surface area contributed by atoms with Gasteiger partial charge in [-0.05, 0) is 0 Å². The van der Waals surface area contributed by atoms with Crippen LogP contribution in [-0.4, -0.2) is 21.1 Å². The molecule has 0 saturated heterocycles. The molecule has 0 radical (unpaired) electrons. The molecule has 1 aromatic carbocycles. The fourth-order valence-electron chi connectivity index (χ4n) is 1.11. The van der Waals surface area contributed by atoms with E-state index in [0.29, 0.717) is 12.1 Å². The quantitative estimate of drug-likeness (QED) is 0.783. The highest BCUT2D eigenvalue weighted by atomic mass is 19.2. The van der Waals surface area contributed by atoms with E-state index in [1.54, 1.807) is 0 Å². The maximum absolute atomic E-state index is 13.2. The average molecular weight is 242 g/mol. The molecule has 0 aliphatic carbocycles. The number of amides is 1. The molecular formula is C9H5F3N4O. The van der Waals surface area contributed by atoms with Gasteiger partial charge in [0.25, 0.3) is 5.91 Å². The normalized spacial score (nSPS) is 10.3. The van der Waals surface area contributed by atoms with E-state index >= 15 is 0 Å². The van der Waals surface area contributed by atoms with Gasteiger partial charge in [-0.1, -0.05) is 0 Å². The van der Waals surface area contributed by atoms with E-state index in [1.807, 2.05) is 5.32 Å². The Labute approximate surface area is 92.7 Å². The van der Waals surface area contributed by atoms with Crippen LogP contribution in [0.2, 0.25) is 0 Å². The fraction of sp³-hybridized carbons (Fsp3) is 0. The molecule has 8 heteroatoms. The predicted molar refractivity (Wildman–Crippen MR) is 50.7 cm³/mol. The highest BCUT2D eigenvalue weighted by Gasteiger charge is 2.14. The van der Waals surface area contributed by atoms with Crippen LogP contribution in [0.5, 0.6) is 0 Å². The van der Waals surface area contributed by atoms with E-state index in [-0.39, 0.29) is 5.82 Å². The minimum atomic E-state index is -1.33. The maximum Gasteiger partial charge on any atom is 0.293 e. The summed E-state index contributed by atoms with van der Waals surface area (Å²) in [5, 5.41) is 7.68. The number of rotatable bonds is 2. The number of anilines is 1. The summed E-state index contributed by atoms with van der Waals surface area (Å²) in [5.41, 5.74) is -0.481. The van der Waals surface area contributed by atoms with Gasteiger partial charge in [-0.2, -0.15) is 5.10 Å². The lowest BCUT2D eigenvalue weighted by Crippen LogP contribution is -2.15. The summed E-state index contributed by atoms with van der Waals surface area (Å²) >= 11 is 0. The van der Waals surface area contributed by atoms with Crippen molar-refractivity contribution in [2.24, 2.45) is 0 Å². The molecule has 0 spiro atoms. The first kappa shape index (κ1) is 11.1. The van der Waals surface area contributed by atoms with Crippen molar-refractivity contribution in [3.63, 3.8) is 0 Å². The summed E-state index contributed by atoms with van der Waals surface area (Å²) in [6.45, 7) is 0. The van der Waals surface area contributed by atoms with Crippen LogP contribution in [0, 0.1) is 17.5 Å². The molecule has 5 nitrogen and oxygen atoms in total. The Kier molecular flexibility index (Phi) is 2.77. The summed E-state index contributed by atoms with van der Waals surface area (Å²) in [4.78, 5) is 14.9. The lowest BCUT2D eigenvalue weighted by Gasteiger charge is -2.04. The van der Waals surface area contributed by atoms with Crippen molar-refractivity contribution in [3.8, 4) is 0 Å². The number of H-pyrrole nitrogens is 1. The largest absolute Gasteiger partial charge is 0.317 e. The first-order valence-electron chi connectivity index (χ1n) is 4.39. The van der Waals surface area contributed by atoms with Gasteiger partial charge in [-0.15, -0.1) is 0 Å². The van der Waals surface area contributed by atoms with Crippen molar-refractivity contribution in [1.82, 2.24) is 15.2 Å². The fourth-order valence-corrected chi connectivity index (χ4v) is 1.11. The zero-order chi connectivity index (χ0) is 12.4. The van der Waals surface area contributed by atoms with E-state index in [0.717, 1.165) is 6.33 Å². The van der Waals surface area contributed by atoms with Crippen LogP contribution in [0.4, 0.5) is 18.9 Å². The van der Waals surface area contributed by atoms with Gasteiger partial charge in [0.2, 0.25) is 5.82 Å². The molecule has 2 rings (SSSR count). The zero-order valence-electron chi connectivity index (χ0n) is 8.17. The molecule has 2 N–H and O–H groups in total. The van der Waals surface area contributed by atoms with Gasteiger partial charge in [0.15, 0.2) is 11.6 Å². The molecule has 1 aromatic heterocycles. The number of halogens is 3. The minimum Gasteiger partial charge on any atom is -0.317 e. The zero-order valence-corrected chi connectivity index (χ0v) is 8.17. The summed E-state index contributed by atoms with van der Waals surface area (Å²) in [6, 6.07) is 0.879. The summed E-state index contributed by atoms with van der Waals surface area (Å²) < 4.78 is 38.6. The Morgan fingerprint density at radius 2 is 1.88 bits per heavy atom. The Morgan fingerprint density at radius 3 is 2.53 bits per heavy atom. The van der Waals surface area contributed by atoms with Crippen molar-refractivity contribution in [3.05, 3.63) is 41.7 Å². The van der Waals surface area contributed by atoms with E-state index < -0.39 is 29.0 Å². The second-order valence-electron chi connectivity index (χ2n) is 3.03. The third-order valence-corrected chi connectivity index (χ3v) is 1.89. The molecule has 17 heavy (non-hydrogen) atoms. The maximum atomic E-state index is 13.2. The van der Waals surface area contributed by atoms with Crippen LogP contribution >= 0.6 is 0 Å². The number of carbonyl (C=O) groups excluding carboxylic acids is 1. The van der Waals surface area contributed by atoms with E-state index in [9.17, 15) is 18.0 Å². The predicted octanol–water partition coefficient (Wildman–Crippen LogP) is 1.47. The second kappa shape index (κ2) is 4.24. The van der Waals surface area contributed by atoms with Crippen molar-refractivity contribution < 1.29 is 18.0 Å². The third-order valence-electron chi connectivity index (χ3n) is 1.89. The molecule has 0 aliphatic rings. The van der Waals surface area contributed by atoms with Gasteiger partial charge < -0.3 is 5.32 Å². The van der Waals surface area contributed by atoms with Crippen LogP contribution in [0.3, 0.4) is 0 Å². The SMILES string of the molecule is O=C(Nc1cc(F)c(F)cc1F)c1ncn[nH]1. The van der Waals surface area contributed by atoms with Gasteiger partial charge in [0.1, 0.15) is 12.1 Å². The molecule has 0 unspecified atom stereocenters. The van der Waals surface area contributed by atoms with Gasteiger partial charge in [-0.3, -0.25) is 9.89 Å². The van der Waals surface area contributed by atoms with Gasteiger partial charge in [0.05, 0.1) is 5.69 Å². The van der Waals surface area contributed by atoms with Crippen molar-refractivity contribution >= 4 is 11.6 Å². The summed E-state index contributed by atoms with van der Waals surface area (Å²) in [6.07, 6.45) is 1.08. The van der Waals surface area contributed by atoms with Crippen LogP contribution < -0.4 is 5.32 Å². The second-order valence-corrected chi connectivity index (χ2v) is 3.03. The number of nitrogens with one attached hydrogen (secondary N) is 2. The molecule has 88 valence electrons. The average Bonchev–Trinajstić information content (AvgIpc) is 2.79. The molecule has 0 fully saturated rings. The molecule has 2 aromatic rings. The van der Waals surface area contributed by atoms with Gasteiger partial charge >= 0.3 is 0 Å². The number of aromatic nitrogens is 3. The highest BCUT2D eigenvalue weighted by molar-refractivity contribution is 6.01. The van der Waals surface area contributed by atoms with Crippen molar-refractivity contribution in [2.75, 3.05) is 5.32 Å². The van der Waals surface area contributed by atoms with E-state index in [4.69, 9.17) is 0 Å². The Hall–Kier alpha value is -2.38. The molecular weight excluding hydrogens is 237 g/mol. The van der Waals surface area contributed by atoms with E-state index in [1.165, 1.54) is 0 Å². The van der Waals surface area contributed by atoms with Crippen LogP contribution in [0.25, 0.3) is 0 Å². The van der Waals surface area contributed by atoms with Gasteiger partial charge in [0, 0.05) is 12.1 Å². The minimum absolute atomic E-state index is 0.172. The molecule has 0 aliphatic heterocycles. The molecule has 0 saturated carbocycles. The van der Waals surface area contributed by atoms with Gasteiger partial charge in [-0.25, -0.2) is 18.2 Å². The number of benzene rings is 1. The van der Waals surface area contributed by atoms with Crippen LogP contribution in [0.1, 0.15) is 10.6 Å². The monoisotopic (exact) mass is 242 g/mol. The lowest BCUT2D eigenvalue weighted by molar-refractivity contribution is 0.101. The summed E-state index contributed by atoms with van der Waals surface area (Å²) in [5.74, 6) is -4.67. The summed E-state index contributed by atoms with van der Waals surface area (Å²) in [7, 11) is 0. The third kappa shape index (κ3) is 2.25. The standard InChI is InChI=1S/C9H5F3N4O/c10-4-1-6(12)7(2-5(4)11)15-9(17)8-13-3-14-16-8/h1-3H,(H,15,17)(H,13,14,16). The molecule has 1 heterocycles. The number of hydrogen-bond acceptors (Lipinski definition) is 3. The number of aromatic amines is 1. The number of hydrogen-bond donors (Lipinski definition) is 2. The number of nitrogens with zero attached hydrogens (tertiary/aromatic N) is 2. The lowest BCUT2D eigenvalue weighted by atomic mass is 10.3. The Balaban J connectivity index is 2.25. The van der Waals surface area contributed by atoms with Crippen LogP contribution in [-0.2, 0) is 0 Å². The highest BCUT2D eigenvalue weighted by Crippen LogP contribution is 2.18. The Bertz CT molecular complexity index is 556. The molecule has 0 bridgehead atoms. The number of carbonyl (C=O) groups is 1.